The molecule has 3 rings (SSSR count). The molecule has 2 heterocycles. The molecule has 2 atom stereocenters. The quantitative estimate of drug-likeness (QED) is 0.924. The molecule has 2 nitrogen and oxygen atoms in total. The Morgan fingerprint density at radius 1 is 1.26 bits per heavy atom. The van der Waals surface area contributed by atoms with Crippen molar-refractivity contribution >= 4 is 11.8 Å². The van der Waals surface area contributed by atoms with E-state index in [1.807, 2.05) is 24.0 Å². The number of benzene rings is 1. The van der Waals surface area contributed by atoms with E-state index in [-0.39, 0.29) is 0 Å². The van der Waals surface area contributed by atoms with Crippen molar-refractivity contribution < 1.29 is 0 Å². The lowest BCUT2D eigenvalue weighted by Gasteiger charge is -2.21. The highest BCUT2D eigenvalue weighted by Gasteiger charge is 2.28. The molecule has 0 fully saturated rings. The third-order valence-electron chi connectivity index (χ3n) is 3.65. The third-order valence-corrected chi connectivity index (χ3v) is 5.10. The largest absolute Gasteiger partial charge is 0.315 e. The first-order chi connectivity index (χ1) is 9.36. The van der Waals surface area contributed by atoms with E-state index in [9.17, 15) is 0 Å². The molecule has 1 aromatic carbocycles. The summed E-state index contributed by atoms with van der Waals surface area (Å²) in [6.45, 7) is 0. The Kier molecular flexibility index (Phi) is 3.85. The molecule has 1 N–H and O–H groups in total. The maximum absolute atomic E-state index is 4.44. The minimum atomic E-state index is 0.465. The summed E-state index contributed by atoms with van der Waals surface area (Å²) in [5.41, 5.74) is 2.65. The highest BCUT2D eigenvalue weighted by Crippen LogP contribution is 2.38. The van der Waals surface area contributed by atoms with Gasteiger partial charge in [-0.05, 0) is 37.2 Å². The number of aromatic nitrogens is 1. The molecule has 98 valence electrons. The van der Waals surface area contributed by atoms with Crippen LogP contribution >= 0.6 is 11.8 Å². The number of pyridine rings is 1. The van der Waals surface area contributed by atoms with Crippen LogP contribution in [0.4, 0.5) is 0 Å². The summed E-state index contributed by atoms with van der Waals surface area (Å²) >= 11 is 2.00. The minimum Gasteiger partial charge on any atom is -0.315 e. The summed E-state index contributed by atoms with van der Waals surface area (Å²) in [5, 5.41) is 4.07. The molecular weight excluding hydrogens is 252 g/mol. The van der Waals surface area contributed by atoms with Crippen molar-refractivity contribution in [2.75, 3.05) is 7.05 Å². The Morgan fingerprint density at radius 3 is 2.84 bits per heavy atom. The summed E-state index contributed by atoms with van der Waals surface area (Å²) in [7, 11) is 2.05. The highest BCUT2D eigenvalue weighted by molar-refractivity contribution is 8.00. The Bertz CT molecular complexity index is 516. The zero-order chi connectivity index (χ0) is 13.1. The van der Waals surface area contributed by atoms with E-state index in [0.717, 1.165) is 12.8 Å². The Balaban J connectivity index is 1.71. The number of thioether (sulfide) groups is 1. The van der Waals surface area contributed by atoms with Crippen LogP contribution in [0.25, 0.3) is 0 Å². The molecule has 2 aromatic rings. The monoisotopic (exact) mass is 270 g/mol. The molecule has 3 heteroatoms. The molecular formula is C16H18N2S. The Labute approximate surface area is 118 Å². The second-order valence-electron chi connectivity index (χ2n) is 4.89. The first-order valence-corrected chi connectivity index (χ1v) is 7.56. The highest BCUT2D eigenvalue weighted by atomic mass is 32.2. The van der Waals surface area contributed by atoms with Gasteiger partial charge in [0, 0.05) is 34.5 Å². The van der Waals surface area contributed by atoms with Crippen molar-refractivity contribution in [1.82, 2.24) is 10.3 Å². The van der Waals surface area contributed by atoms with Crippen molar-refractivity contribution in [2.45, 2.75) is 29.0 Å². The molecule has 0 aliphatic carbocycles. The number of likely N-dealkylation sites (N-methyl/N-ethyl adjacent to an activating group) is 1. The van der Waals surface area contributed by atoms with E-state index in [1.54, 1.807) is 0 Å². The van der Waals surface area contributed by atoms with Gasteiger partial charge in [0.2, 0.25) is 0 Å². The van der Waals surface area contributed by atoms with E-state index in [1.165, 1.54) is 16.2 Å². The van der Waals surface area contributed by atoms with E-state index in [4.69, 9.17) is 0 Å². The van der Waals surface area contributed by atoms with Crippen LogP contribution < -0.4 is 5.32 Å². The maximum atomic E-state index is 4.44. The van der Waals surface area contributed by atoms with Gasteiger partial charge in [-0.3, -0.25) is 4.98 Å². The van der Waals surface area contributed by atoms with Crippen LogP contribution in [0.3, 0.4) is 0 Å². The molecule has 0 bridgehead atoms. The summed E-state index contributed by atoms with van der Waals surface area (Å²) in [5.74, 6) is 0. The van der Waals surface area contributed by atoms with Crippen LogP contribution in [0.5, 0.6) is 0 Å². The maximum Gasteiger partial charge on any atom is 0.0419 e. The van der Waals surface area contributed by atoms with Gasteiger partial charge in [0.25, 0.3) is 0 Å². The first kappa shape index (κ1) is 12.7. The molecule has 0 radical (unpaired) electrons. The lowest BCUT2D eigenvalue weighted by atomic mass is 10.0. The van der Waals surface area contributed by atoms with Crippen molar-refractivity contribution in [3.8, 4) is 0 Å². The average molecular weight is 270 g/mol. The number of nitrogens with zero attached hydrogens (tertiary/aromatic N) is 1. The van der Waals surface area contributed by atoms with Gasteiger partial charge in [-0.1, -0.05) is 24.3 Å². The molecule has 0 saturated carbocycles. The average Bonchev–Trinajstić information content (AvgIpc) is 2.89. The van der Waals surface area contributed by atoms with Gasteiger partial charge in [-0.2, -0.15) is 0 Å². The smallest absolute Gasteiger partial charge is 0.0419 e. The molecule has 1 aromatic heterocycles. The van der Waals surface area contributed by atoms with Crippen LogP contribution in [0.15, 0.2) is 53.6 Å². The standard InChI is InChI=1S/C16H18N2S/c1-17-14(11-13-7-4-5-9-18-13)16-10-12-6-2-3-8-15(12)19-16/h2-9,14,16-17H,10-11H2,1H3. The van der Waals surface area contributed by atoms with Crippen LogP contribution in [-0.4, -0.2) is 23.3 Å². The lowest BCUT2D eigenvalue weighted by molar-refractivity contribution is 0.532. The van der Waals surface area contributed by atoms with Gasteiger partial charge in [0.05, 0.1) is 0 Å². The molecule has 2 unspecified atom stereocenters. The molecule has 0 amide bonds. The predicted molar refractivity (Wildman–Crippen MR) is 80.6 cm³/mol. The van der Waals surface area contributed by atoms with Crippen molar-refractivity contribution in [3.05, 3.63) is 59.9 Å². The van der Waals surface area contributed by atoms with Crippen molar-refractivity contribution in [1.29, 1.82) is 0 Å². The fourth-order valence-corrected chi connectivity index (χ4v) is 4.04. The van der Waals surface area contributed by atoms with Gasteiger partial charge in [-0.25, -0.2) is 0 Å². The summed E-state index contributed by atoms with van der Waals surface area (Å²) in [6.07, 6.45) is 4.01. The number of hydrogen-bond acceptors (Lipinski definition) is 3. The first-order valence-electron chi connectivity index (χ1n) is 6.68. The van der Waals surface area contributed by atoms with Gasteiger partial charge < -0.3 is 5.32 Å². The fraction of sp³-hybridized carbons (Fsp3) is 0.312. The normalized spacial score (nSPS) is 19.1. The minimum absolute atomic E-state index is 0.465. The molecule has 0 spiro atoms. The SMILES string of the molecule is CNC(Cc1ccccn1)C1Cc2ccccc2S1. The lowest BCUT2D eigenvalue weighted by Crippen LogP contribution is -2.37. The zero-order valence-corrected chi connectivity index (χ0v) is 11.9. The van der Waals surface area contributed by atoms with E-state index in [2.05, 4.69) is 53.7 Å². The molecule has 0 saturated heterocycles. The Hall–Kier alpha value is -1.32. The van der Waals surface area contributed by atoms with Gasteiger partial charge in [0.1, 0.15) is 0 Å². The van der Waals surface area contributed by atoms with Crippen molar-refractivity contribution in [2.24, 2.45) is 0 Å². The number of rotatable bonds is 4. The summed E-state index contributed by atoms with van der Waals surface area (Å²) < 4.78 is 0. The third kappa shape index (κ3) is 2.82. The van der Waals surface area contributed by atoms with E-state index < -0.39 is 0 Å². The topological polar surface area (TPSA) is 24.9 Å². The Morgan fingerprint density at radius 2 is 2.11 bits per heavy atom. The van der Waals surface area contributed by atoms with Gasteiger partial charge in [0.15, 0.2) is 0 Å². The number of nitrogens with one attached hydrogen (secondary N) is 1. The summed E-state index contributed by atoms with van der Waals surface area (Å²) in [6, 6.07) is 15.3. The van der Waals surface area contributed by atoms with E-state index in [0.29, 0.717) is 11.3 Å². The molecule has 19 heavy (non-hydrogen) atoms. The summed E-state index contributed by atoms with van der Waals surface area (Å²) in [4.78, 5) is 5.88. The van der Waals surface area contributed by atoms with Crippen LogP contribution in [-0.2, 0) is 12.8 Å². The zero-order valence-electron chi connectivity index (χ0n) is 11.0. The van der Waals surface area contributed by atoms with Crippen LogP contribution in [0.1, 0.15) is 11.3 Å². The van der Waals surface area contributed by atoms with Crippen molar-refractivity contribution in [3.63, 3.8) is 0 Å². The molecule has 1 aliphatic heterocycles. The van der Waals surface area contributed by atoms with E-state index >= 15 is 0 Å². The van der Waals surface area contributed by atoms with Gasteiger partial charge >= 0.3 is 0 Å². The van der Waals surface area contributed by atoms with Gasteiger partial charge in [-0.15, -0.1) is 11.8 Å². The second-order valence-corrected chi connectivity index (χ2v) is 6.17. The van der Waals surface area contributed by atoms with Crippen LogP contribution in [0, 0.1) is 0 Å². The fourth-order valence-electron chi connectivity index (χ4n) is 2.60. The van der Waals surface area contributed by atoms with Crippen LogP contribution in [0.2, 0.25) is 0 Å². The number of hydrogen-bond donors (Lipinski definition) is 1. The molecule has 1 aliphatic rings. The predicted octanol–water partition coefficient (Wildman–Crippen LogP) is 2.93. The number of fused-ring (bicyclic) bond motifs is 1. The second kappa shape index (κ2) is 5.76.